The van der Waals surface area contributed by atoms with Crippen LogP contribution in [0.3, 0.4) is 0 Å². The van der Waals surface area contributed by atoms with Gasteiger partial charge >= 0.3 is 0 Å². The van der Waals surface area contributed by atoms with Crippen molar-refractivity contribution >= 4 is 12.2 Å². The van der Waals surface area contributed by atoms with Gasteiger partial charge in [0, 0.05) is 31.7 Å². The number of likely N-dealkylation sites (tertiary alicyclic amines) is 1. The molecule has 0 aromatic heterocycles. The summed E-state index contributed by atoms with van der Waals surface area (Å²) in [4.78, 5) is 14.2. The number of carbonyl (C=O) groups is 1. The minimum atomic E-state index is -0.829. The van der Waals surface area contributed by atoms with Gasteiger partial charge in [0.25, 0.3) is 6.23 Å². The Kier molecular flexibility index (Phi) is 7.37. The average Bonchev–Trinajstić information content (AvgIpc) is 3.33. The Morgan fingerprint density at radius 3 is 2.46 bits per heavy atom. The van der Waals surface area contributed by atoms with E-state index in [1.807, 2.05) is 35.3 Å². The topological polar surface area (TPSA) is 87.1 Å². The summed E-state index contributed by atoms with van der Waals surface area (Å²) >= 11 is 0. The lowest BCUT2D eigenvalue weighted by molar-refractivity contribution is -0.218. The molecule has 0 amide bonds. The molecule has 0 spiro atoms. The Balaban J connectivity index is 1.21. The molecular weight excluding hydrogens is 472 g/mol. The van der Waals surface area contributed by atoms with Crippen LogP contribution >= 0.6 is 0 Å². The summed E-state index contributed by atoms with van der Waals surface area (Å²) in [5.41, 5.74) is 3.30. The van der Waals surface area contributed by atoms with Gasteiger partial charge in [-0.25, -0.2) is 0 Å². The van der Waals surface area contributed by atoms with Gasteiger partial charge in [0.2, 0.25) is 5.90 Å². The minimum absolute atomic E-state index is 0.0561. The van der Waals surface area contributed by atoms with Crippen LogP contribution in [-0.2, 0) is 16.1 Å². The number of aliphatic hydroxyl groups excluding tert-OH is 1. The van der Waals surface area contributed by atoms with Crippen molar-refractivity contribution in [2.75, 3.05) is 33.4 Å². The molecule has 198 valence electrons. The normalized spacial score (nSPS) is 23.7. The van der Waals surface area contributed by atoms with Crippen LogP contribution < -0.4 is 9.47 Å². The second-order valence-corrected chi connectivity index (χ2v) is 10.5. The highest BCUT2D eigenvalue weighted by Crippen LogP contribution is 2.32. The van der Waals surface area contributed by atoms with Gasteiger partial charge in [0.1, 0.15) is 11.5 Å². The van der Waals surface area contributed by atoms with Crippen LogP contribution in [0.25, 0.3) is 0 Å². The van der Waals surface area contributed by atoms with Crippen molar-refractivity contribution < 1.29 is 24.1 Å². The maximum absolute atomic E-state index is 11.8. The van der Waals surface area contributed by atoms with E-state index in [2.05, 4.69) is 36.0 Å². The average molecular weight is 509 g/mol. The third kappa shape index (κ3) is 5.44. The number of methoxy groups -OCH3 is 1. The molecule has 0 aliphatic carbocycles. The fraction of sp³-hybridized carbons (Fsp3) is 0.500. The first-order chi connectivity index (χ1) is 17.9. The zero-order valence-electron chi connectivity index (χ0n) is 21.8. The lowest BCUT2D eigenvalue weighted by atomic mass is 9.81. The number of nitrogens with zero attached hydrogens (tertiary/aromatic N) is 4. The number of benzene rings is 2. The number of aryl methyl sites for hydroxylation is 1. The van der Waals surface area contributed by atoms with E-state index in [-0.39, 0.29) is 18.2 Å². The predicted molar refractivity (Wildman–Crippen MR) is 139 cm³/mol. The van der Waals surface area contributed by atoms with Crippen molar-refractivity contribution in [2.24, 2.45) is 10.5 Å². The molecule has 2 aromatic rings. The van der Waals surface area contributed by atoms with Crippen molar-refractivity contribution in [3.63, 3.8) is 0 Å². The number of ether oxygens (including phenoxy) is 3. The summed E-state index contributed by atoms with van der Waals surface area (Å²) in [7, 11) is 1.62. The lowest BCUT2D eigenvalue weighted by Crippen LogP contribution is -2.60. The Morgan fingerprint density at radius 2 is 1.86 bits per heavy atom. The van der Waals surface area contributed by atoms with Crippen LogP contribution in [0.2, 0.25) is 0 Å². The van der Waals surface area contributed by atoms with E-state index in [0.29, 0.717) is 5.90 Å². The van der Waals surface area contributed by atoms with Gasteiger partial charge in [0.05, 0.1) is 7.11 Å². The summed E-state index contributed by atoms with van der Waals surface area (Å²) < 4.78 is 17.3. The lowest BCUT2D eigenvalue weighted by Gasteiger charge is -2.44. The van der Waals surface area contributed by atoms with Crippen LogP contribution in [0, 0.1) is 12.3 Å². The first-order valence-electron chi connectivity index (χ1n) is 12.9. The molecule has 2 aromatic carbocycles. The van der Waals surface area contributed by atoms with Crippen LogP contribution in [0.4, 0.5) is 0 Å². The largest absolute Gasteiger partial charge is 0.497 e. The van der Waals surface area contributed by atoms with Crippen LogP contribution in [0.15, 0.2) is 47.6 Å². The van der Waals surface area contributed by atoms with E-state index in [0.717, 1.165) is 68.8 Å². The summed E-state index contributed by atoms with van der Waals surface area (Å²) in [5, 5.41) is 17.7. The fourth-order valence-corrected chi connectivity index (χ4v) is 4.91. The Labute approximate surface area is 218 Å². The molecule has 9 heteroatoms. The number of carbonyl (C=O) groups excluding carboxylic acids is 1. The number of hydrogen-bond donors (Lipinski definition) is 1. The molecule has 37 heavy (non-hydrogen) atoms. The van der Waals surface area contributed by atoms with Gasteiger partial charge in [-0.15, -0.1) is 5.10 Å². The number of hydrogen-bond acceptors (Lipinski definition) is 9. The molecule has 0 radical (unpaired) electrons. The molecule has 0 saturated carbocycles. The van der Waals surface area contributed by atoms with E-state index < -0.39 is 6.23 Å². The SMILES string of the molecule is COc1ccc(C2=NN(N3CCC3Oc3ccc(CN4CCC(C)(CO)CC4)c(C)c3)C(C=O)O2)cc1. The highest BCUT2D eigenvalue weighted by atomic mass is 16.6. The third-order valence-electron chi connectivity index (χ3n) is 7.73. The van der Waals surface area contributed by atoms with E-state index in [4.69, 9.17) is 14.2 Å². The predicted octanol–water partition coefficient (Wildman–Crippen LogP) is 3.14. The van der Waals surface area contributed by atoms with Crippen molar-refractivity contribution in [3.8, 4) is 11.5 Å². The van der Waals surface area contributed by atoms with Gasteiger partial charge in [-0.3, -0.25) is 9.69 Å². The maximum atomic E-state index is 11.8. The Morgan fingerprint density at radius 1 is 1.14 bits per heavy atom. The van der Waals surface area contributed by atoms with E-state index >= 15 is 0 Å². The highest BCUT2D eigenvalue weighted by Gasteiger charge is 2.42. The minimum Gasteiger partial charge on any atom is -0.497 e. The molecule has 3 heterocycles. The van der Waals surface area contributed by atoms with Gasteiger partial charge in [-0.2, -0.15) is 10.1 Å². The van der Waals surface area contributed by atoms with Gasteiger partial charge in [0.15, 0.2) is 12.5 Å². The van der Waals surface area contributed by atoms with Crippen molar-refractivity contribution in [3.05, 3.63) is 59.2 Å². The zero-order chi connectivity index (χ0) is 26.0. The molecule has 9 nitrogen and oxygen atoms in total. The van der Waals surface area contributed by atoms with Crippen molar-refractivity contribution in [2.45, 2.75) is 52.1 Å². The monoisotopic (exact) mass is 508 g/mol. The van der Waals surface area contributed by atoms with Crippen molar-refractivity contribution in [1.82, 2.24) is 15.0 Å². The van der Waals surface area contributed by atoms with Gasteiger partial charge in [-0.05, 0) is 85.8 Å². The molecule has 1 N–H and O–H groups in total. The van der Waals surface area contributed by atoms with E-state index in [9.17, 15) is 9.90 Å². The number of piperidine rings is 1. The van der Waals surface area contributed by atoms with Crippen molar-refractivity contribution in [1.29, 1.82) is 0 Å². The van der Waals surface area contributed by atoms with Crippen LogP contribution in [0.1, 0.15) is 42.9 Å². The summed E-state index contributed by atoms with van der Waals surface area (Å²) in [6.07, 6.45) is 2.56. The fourth-order valence-electron chi connectivity index (χ4n) is 4.91. The van der Waals surface area contributed by atoms with Gasteiger partial charge in [-0.1, -0.05) is 13.0 Å². The molecule has 2 saturated heterocycles. The molecule has 5 rings (SSSR count). The summed E-state index contributed by atoms with van der Waals surface area (Å²) in [5.74, 6) is 1.93. The number of aldehydes is 1. The standard InChI is InChI=1S/C28H36N4O5/c1-20-16-24(9-6-22(20)17-30-14-11-28(2,19-34)12-15-30)36-25-10-13-31(25)32-26(18-33)37-27(29-32)21-4-7-23(35-3)8-5-21/h4-9,16,18,25-26,34H,10-15,17,19H2,1-3H3. The molecular formula is C28H36N4O5. The molecule has 3 aliphatic heterocycles. The first-order valence-corrected chi connectivity index (χ1v) is 12.9. The smallest absolute Gasteiger partial charge is 0.260 e. The second-order valence-electron chi connectivity index (χ2n) is 10.5. The molecule has 2 unspecified atom stereocenters. The van der Waals surface area contributed by atoms with Gasteiger partial charge < -0.3 is 19.3 Å². The first kappa shape index (κ1) is 25.5. The number of hydrazone groups is 1. The number of rotatable bonds is 9. The summed E-state index contributed by atoms with van der Waals surface area (Å²) in [6, 6.07) is 13.6. The third-order valence-corrected chi connectivity index (χ3v) is 7.73. The van der Waals surface area contributed by atoms with E-state index in [1.54, 1.807) is 12.2 Å². The highest BCUT2D eigenvalue weighted by molar-refractivity contribution is 5.95. The second kappa shape index (κ2) is 10.7. The Hall–Kier alpha value is -3.14. The molecule has 2 fully saturated rings. The van der Waals surface area contributed by atoms with Crippen LogP contribution in [0.5, 0.6) is 11.5 Å². The maximum Gasteiger partial charge on any atom is 0.260 e. The zero-order valence-corrected chi connectivity index (χ0v) is 21.8. The molecule has 0 bridgehead atoms. The number of hydrazine groups is 1. The van der Waals surface area contributed by atoms with Crippen LogP contribution in [-0.4, -0.2) is 78.1 Å². The quantitative estimate of drug-likeness (QED) is 0.517. The summed E-state index contributed by atoms with van der Waals surface area (Å²) in [6.45, 7) is 8.16. The molecule has 2 atom stereocenters. The Bertz CT molecular complexity index is 1130. The van der Waals surface area contributed by atoms with E-state index in [1.165, 1.54) is 11.1 Å². The number of aliphatic hydroxyl groups is 1. The molecule has 3 aliphatic rings.